The van der Waals surface area contributed by atoms with Crippen molar-refractivity contribution in [2.45, 2.75) is 44.4 Å². The number of halogens is 1. The van der Waals surface area contributed by atoms with Gasteiger partial charge in [0.05, 0.1) is 30.5 Å². The molecule has 8 heteroatoms. The molecule has 2 fully saturated rings. The van der Waals surface area contributed by atoms with Crippen molar-refractivity contribution in [1.29, 1.82) is 0 Å². The molecule has 2 N–H and O–H groups in total. The second kappa shape index (κ2) is 7.79. The van der Waals surface area contributed by atoms with Gasteiger partial charge in [0.2, 0.25) is 0 Å². The van der Waals surface area contributed by atoms with Gasteiger partial charge in [-0.3, -0.25) is 4.99 Å². The molecule has 3 unspecified atom stereocenters. The predicted molar refractivity (Wildman–Crippen MR) is 90.5 cm³/mol. The summed E-state index contributed by atoms with van der Waals surface area (Å²) in [6.45, 7) is 3.04. The quantitative estimate of drug-likeness (QED) is 0.388. The van der Waals surface area contributed by atoms with E-state index < -0.39 is 9.84 Å². The normalized spacial score (nSPS) is 29.1. The Bertz CT molecular complexity index is 441. The van der Waals surface area contributed by atoms with Crippen LogP contribution in [-0.2, 0) is 14.6 Å². The van der Waals surface area contributed by atoms with E-state index >= 15 is 0 Å². The van der Waals surface area contributed by atoms with Crippen LogP contribution in [0.1, 0.15) is 26.2 Å². The van der Waals surface area contributed by atoms with E-state index in [0.717, 1.165) is 25.8 Å². The minimum absolute atomic E-state index is 0. The third kappa shape index (κ3) is 5.36. The molecule has 2 bridgehead atoms. The number of hydrogen-bond acceptors (Lipinski definition) is 4. The van der Waals surface area contributed by atoms with Gasteiger partial charge >= 0.3 is 0 Å². The topological polar surface area (TPSA) is 79.8 Å². The zero-order valence-electron chi connectivity index (χ0n) is 12.0. The van der Waals surface area contributed by atoms with Crippen LogP contribution in [0.25, 0.3) is 0 Å². The number of nitrogens with one attached hydrogen (secondary N) is 2. The smallest absolute Gasteiger partial charge is 0.191 e. The van der Waals surface area contributed by atoms with Crippen molar-refractivity contribution in [3.63, 3.8) is 0 Å². The van der Waals surface area contributed by atoms with E-state index in [-0.39, 0.29) is 42.4 Å². The Kier molecular flexibility index (Phi) is 6.99. The first-order chi connectivity index (χ1) is 8.98. The Hall–Kier alpha value is -0.0900. The molecule has 0 amide bonds. The highest BCUT2D eigenvalue weighted by Crippen LogP contribution is 2.34. The Morgan fingerprint density at radius 3 is 2.65 bits per heavy atom. The van der Waals surface area contributed by atoms with E-state index in [2.05, 4.69) is 15.6 Å². The van der Waals surface area contributed by atoms with Crippen molar-refractivity contribution >= 4 is 39.8 Å². The number of rotatable bonds is 5. The van der Waals surface area contributed by atoms with E-state index in [4.69, 9.17) is 4.74 Å². The van der Waals surface area contributed by atoms with Crippen LogP contribution in [0.15, 0.2) is 4.99 Å². The molecular weight excluding hydrogens is 393 g/mol. The van der Waals surface area contributed by atoms with E-state index in [9.17, 15) is 8.42 Å². The lowest BCUT2D eigenvalue weighted by molar-refractivity contribution is 0.0992. The fourth-order valence-corrected chi connectivity index (χ4v) is 3.03. The van der Waals surface area contributed by atoms with Gasteiger partial charge in [0, 0.05) is 12.8 Å². The summed E-state index contributed by atoms with van der Waals surface area (Å²) in [4.78, 5) is 4.31. The minimum atomic E-state index is -2.96. The maximum Gasteiger partial charge on any atom is 0.191 e. The van der Waals surface area contributed by atoms with Gasteiger partial charge in [0.1, 0.15) is 9.84 Å². The van der Waals surface area contributed by atoms with Crippen LogP contribution < -0.4 is 10.6 Å². The molecule has 0 spiro atoms. The van der Waals surface area contributed by atoms with Crippen molar-refractivity contribution in [3.8, 4) is 0 Å². The molecule has 0 radical (unpaired) electrons. The summed E-state index contributed by atoms with van der Waals surface area (Å²) in [6.07, 6.45) is 5.17. The lowest BCUT2D eigenvalue weighted by Gasteiger charge is -2.22. The first-order valence-electron chi connectivity index (χ1n) is 6.86. The molecule has 0 aromatic heterocycles. The van der Waals surface area contributed by atoms with Crippen LogP contribution in [0.2, 0.25) is 0 Å². The highest BCUT2D eigenvalue weighted by atomic mass is 127. The summed E-state index contributed by atoms with van der Waals surface area (Å²) in [5.41, 5.74) is 0. The average Bonchev–Trinajstić information content (AvgIpc) is 2.89. The Morgan fingerprint density at radius 1 is 1.40 bits per heavy atom. The molecular formula is C12H24IN3O3S. The first kappa shape index (κ1) is 18.0. The summed E-state index contributed by atoms with van der Waals surface area (Å²) < 4.78 is 28.0. The van der Waals surface area contributed by atoms with Crippen LogP contribution in [-0.4, -0.2) is 57.7 Å². The molecule has 0 saturated carbocycles. The molecule has 20 heavy (non-hydrogen) atoms. The first-order valence-corrected chi connectivity index (χ1v) is 8.92. The number of ether oxygens (including phenoxy) is 1. The maximum absolute atomic E-state index is 11.1. The lowest BCUT2D eigenvalue weighted by Crippen LogP contribution is -2.47. The maximum atomic E-state index is 11.1. The van der Waals surface area contributed by atoms with Crippen molar-refractivity contribution in [2.24, 2.45) is 4.99 Å². The van der Waals surface area contributed by atoms with E-state index in [1.54, 1.807) is 0 Å². The predicted octanol–water partition coefficient (Wildman–Crippen LogP) is 0.524. The SMILES string of the molecule is CCNC(=NCCS(C)(=O)=O)NC1CC2CCC1O2.I. The summed E-state index contributed by atoms with van der Waals surface area (Å²) >= 11 is 0. The molecule has 2 aliphatic rings. The monoisotopic (exact) mass is 417 g/mol. The second-order valence-corrected chi connectivity index (χ2v) is 7.51. The zero-order valence-corrected chi connectivity index (χ0v) is 15.1. The lowest BCUT2D eigenvalue weighted by atomic mass is 9.96. The molecule has 3 atom stereocenters. The van der Waals surface area contributed by atoms with Gasteiger partial charge in [0.15, 0.2) is 5.96 Å². The van der Waals surface area contributed by atoms with Crippen molar-refractivity contribution in [2.75, 3.05) is 25.1 Å². The van der Waals surface area contributed by atoms with Crippen LogP contribution in [0, 0.1) is 0 Å². The Labute approximate surface area is 138 Å². The summed E-state index contributed by atoms with van der Waals surface area (Å²) in [5, 5.41) is 6.50. The van der Waals surface area contributed by atoms with Gasteiger partial charge in [-0.25, -0.2) is 8.42 Å². The number of nitrogens with zero attached hydrogens (tertiary/aromatic N) is 1. The fraction of sp³-hybridized carbons (Fsp3) is 0.917. The van der Waals surface area contributed by atoms with Crippen LogP contribution in [0.3, 0.4) is 0 Å². The molecule has 2 rings (SSSR count). The third-order valence-electron chi connectivity index (χ3n) is 3.50. The van der Waals surface area contributed by atoms with Crippen molar-refractivity contribution in [1.82, 2.24) is 10.6 Å². The number of guanidine groups is 1. The van der Waals surface area contributed by atoms with Crippen molar-refractivity contribution in [3.05, 3.63) is 0 Å². The van der Waals surface area contributed by atoms with Gasteiger partial charge in [-0.2, -0.15) is 0 Å². The third-order valence-corrected chi connectivity index (χ3v) is 4.43. The van der Waals surface area contributed by atoms with Crippen LogP contribution >= 0.6 is 24.0 Å². The van der Waals surface area contributed by atoms with Crippen LogP contribution in [0.4, 0.5) is 0 Å². The highest BCUT2D eigenvalue weighted by Gasteiger charge is 2.41. The van der Waals surface area contributed by atoms with E-state index in [1.165, 1.54) is 6.26 Å². The summed E-state index contributed by atoms with van der Waals surface area (Å²) in [6, 6.07) is 0.301. The highest BCUT2D eigenvalue weighted by molar-refractivity contribution is 14.0. The molecule has 118 valence electrons. The number of aliphatic imine (C=N–C) groups is 1. The Morgan fingerprint density at radius 2 is 2.15 bits per heavy atom. The van der Waals surface area contributed by atoms with Crippen molar-refractivity contribution < 1.29 is 13.2 Å². The van der Waals surface area contributed by atoms with E-state index in [1.807, 2.05) is 6.92 Å². The summed E-state index contributed by atoms with van der Waals surface area (Å²) in [5.74, 6) is 0.767. The van der Waals surface area contributed by atoms with Gasteiger partial charge in [0.25, 0.3) is 0 Å². The molecule has 6 nitrogen and oxygen atoms in total. The van der Waals surface area contributed by atoms with E-state index in [0.29, 0.717) is 18.1 Å². The van der Waals surface area contributed by atoms with Gasteiger partial charge in [-0.1, -0.05) is 0 Å². The largest absolute Gasteiger partial charge is 0.373 e. The molecule has 0 aliphatic carbocycles. The van der Waals surface area contributed by atoms with Gasteiger partial charge in [-0.05, 0) is 26.2 Å². The standard InChI is InChI=1S/C12H23N3O3S.HI/c1-3-13-12(14-6-7-19(2,16)17)15-10-8-9-4-5-11(10)18-9;/h9-11H,3-8H2,1-2H3,(H2,13,14,15);1H. The Balaban J connectivity index is 0.00000200. The minimum Gasteiger partial charge on any atom is -0.373 e. The summed E-state index contributed by atoms with van der Waals surface area (Å²) in [7, 11) is -2.96. The second-order valence-electron chi connectivity index (χ2n) is 5.25. The molecule has 0 aromatic carbocycles. The molecule has 2 aliphatic heterocycles. The van der Waals surface area contributed by atoms with Gasteiger partial charge < -0.3 is 15.4 Å². The fourth-order valence-electron chi connectivity index (χ4n) is 2.61. The molecule has 2 heterocycles. The number of sulfone groups is 1. The number of hydrogen-bond donors (Lipinski definition) is 2. The van der Waals surface area contributed by atoms with Crippen LogP contribution in [0.5, 0.6) is 0 Å². The molecule has 2 saturated heterocycles. The average molecular weight is 417 g/mol. The number of fused-ring (bicyclic) bond motifs is 2. The zero-order chi connectivity index (χ0) is 13.9. The van der Waals surface area contributed by atoms with Gasteiger partial charge in [-0.15, -0.1) is 24.0 Å². The molecule has 0 aromatic rings.